The van der Waals surface area contributed by atoms with Gasteiger partial charge >= 0.3 is 0 Å². The van der Waals surface area contributed by atoms with Crippen molar-refractivity contribution in [3.05, 3.63) is 107 Å². The maximum Gasteiger partial charge on any atom is 0.273 e. The summed E-state index contributed by atoms with van der Waals surface area (Å²) in [4.78, 5) is 15.3. The number of H-pyrrole nitrogens is 1. The van der Waals surface area contributed by atoms with Gasteiger partial charge in [-0.1, -0.05) is 43.3 Å². The van der Waals surface area contributed by atoms with Gasteiger partial charge < -0.3 is 9.64 Å². The van der Waals surface area contributed by atoms with Crippen LogP contribution in [-0.2, 0) is 13.0 Å². The average molecular weight is 442 g/mol. The Morgan fingerprint density at radius 2 is 1.64 bits per heavy atom. The van der Waals surface area contributed by atoms with Gasteiger partial charge in [0.15, 0.2) is 0 Å². The Bertz CT molecular complexity index is 1280. The third kappa shape index (κ3) is 3.78. The normalized spacial score (nSPS) is 15.1. The van der Waals surface area contributed by atoms with Crippen LogP contribution < -0.4 is 4.74 Å². The van der Waals surface area contributed by atoms with Crippen molar-refractivity contribution in [2.75, 3.05) is 7.11 Å². The molecule has 33 heavy (non-hydrogen) atoms. The van der Waals surface area contributed by atoms with Gasteiger partial charge in [-0.2, -0.15) is 5.10 Å². The number of halogens is 1. The smallest absolute Gasteiger partial charge is 0.273 e. The molecule has 4 aromatic rings. The zero-order chi connectivity index (χ0) is 22.9. The van der Waals surface area contributed by atoms with Crippen molar-refractivity contribution in [3.8, 4) is 17.0 Å². The van der Waals surface area contributed by atoms with E-state index in [0.717, 1.165) is 40.1 Å². The lowest BCUT2D eigenvalue weighted by molar-refractivity contribution is 0.0730. The quantitative estimate of drug-likeness (QED) is 0.428. The number of carbonyl (C=O) groups excluding carboxylic acids is 1. The summed E-state index contributed by atoms with van der Waals surface area (Å²) in [6, 6.07) is 22.0. The molecule has 0 saturated heterocycles. The molecule has 0 saturated carbocycles. The van der Waals surface area contributed by atoms with E-state index in [1.54, 1.807) is 19.2 Å². The second-order valence-corrected chi connectivity index (χ2v) is 8.15. The van der Waals surface area contributed by atoms with Gasteiger partial charge in [0, 0.05) is 17.7 Å². The Morgan fingerprint density at radius 3 is 2.27 bits per heavy atom. The molecule has 0 radical (unpaired) electrons. The highest BCUT2D eigenvalue weighted by molar-refractivity contribution is 6.00. The van der Waals surface area contributed by atoms with Crippen molar-refractivity contribution >= 4 is 5.91 Å². The number of aromatic nitrogens is 2. The predicted molar refractivity (Wildman–Crippen MR) is 125 cm³/mol. The van der Waals surface area contributed by atoms with Crippen LogP contribution in [0.1, 0.15) is 45.7 Å². The van der Waals surface area contributed by atoms with E-state index in [9.17, 15) is 9.18 Å². The van der Waals surface area contributed by atoms with Gasteiger partial charge in [-0.05, 0) is 59.5 Å². The number of nitrogens with one attached hydrogen (secondary N) is 1. The minimum atomic E-state index is -0.306. The number of nitrogens with zero attached hydrogens (tertiary/aromatic N) is 2. The highest BCUT2D eigenvalue weighted by Crippen LogP contribution is 2.43. The minimum absolute atomic E-state index is 0.119. The van der Waals surface area contributed by atoms with E-state index in [2.05, 4.69) is 41.4 Å². The fourth-order valence-electron chi connectivity index (χ4n) is 4.40. The summed E-state index contributed by atoms with van der Waals surface area (Å²) in [5.41, 5.74) is 6.11. The molecule has 1 atom stereocenters. The van der Waals surface area contributed by atoms with Gasteiger partial charge in [0.1, 0.15) is 17.3 Å². The van der Waals surface area contributed by atoms with Crippen molar-refractivity contribution in [1.82, 2.24) is 15.1 Å². The topological polar surface area (TPSA) is 58.2 Å². The molecule has 0 bridgehead atoms. The Kier molecular flexibility index (Phi) is 5.42. The molecule has 1 unspecified atom stereocenters. The van der Waals surface area contributed by atoms with Crippen LogP contribution in [0.3, 0.4) is 0 Å². The van der Waals surface area contributed by atoms with Crippen LogP contribution in [0.15, 0.2) is 72.8 Å². The first-order chi connectivity index (χ1) is 16.1. The summed E-state index contributed by atoms with van der Waals surface area (Å²) in [5, 5.41) is 7.49. The molecule has 6 heteroatoms. The lowest BCUT2D eigenvalue weighted by Crippen LogP contribution is -2.29. The molecule has 0 fully saturated rings. The second-order valence-electron chi connectivity index (χ2n) is 8.15. The Hall–Kier alpha value is -3.93. The van der Waals surface area contributed by atoms with Crippen molar-refractivity contribution in [2.45, 2.75) is 25.9 Å². The zero-order valence-electron chi connectivity index (χ0n) is 18.5. The Morgan fingerprint density at radius 1 is 0.970 bits per heavy atom. The van der Waals surface area contributed by atoms with Gasteiger partial charge in [0.05, 0.1) is 18.8 Å². The zero-order valence-corrected chi connectivity index (χ0v) is 18.5. The number of rotatable bonds is 6. The fraction of sp³-hybridized carbons (Fsp3) is 0.185. The SMILES string of the molecule is CCc1ccc(C2c3c(-c4ccc(OC)cc4)n[nH]c3C(=O)N2Cc2ccc(F)cc2)cc1. The van der Waals surface area contributed by atoms with Gasteiger partial charge in [0.2, 0.25) is 0 Å². The predicted octanol–water partition coefficient (Wildman–Crippen LogP) is 5.53. The molecule has 1 N–H and O–H groups in total. The number of aryl methyl sites for hydroxylation is 1. The second kappa shape index (κ2) is 8.54. The summed E-state index contributed by atoms with van der Waals surface area (Å²) in [6.45, 7) is 2.48. The van der Waals surface area contributed by atoms with Crippen molar-refractivity contribution in [2.24, 2.45) is 0 Å². The molecule has 0 spiro atoms. The summed E-state index contributed by atoms with van der Waals surface area (Å²) in [5.74, 6) is 0.340. The number of hydrogen-bond acceptors (Lipinski definition) is 3. The van der Waals surface area contributed by atoms with Crippen molar-refractivity contribution in [3.63, 3.8) is 0 Å². The number of aromatic amines is 1. The molecule has 0 aliphatic carbocycles. The number of methoxy groups -OCH3 is 1. The van der Waals surface area contributed by atoms with Gasteiger partial charge in [0.25, 0.3) is 5.91 Å². The third-order valence-corrected chi connectivity index (χ3v) is 6.20. The number of amides is 1. The molecule has 2 heterocycles. The van der Waals surface area contributed by atoms with E-state index in [1.807, 2.05) is 29.2 Å². The number of hydrogen-bond donors (Lipinski definition) is 1. The van der Waals surface area contributed by atoms with Crippen LogP contribution in [-0.4, -0.2) is 28.1 Å². The van der Waals surface area contributed by atoms with E-state index in [4.69, 9.17) is 4.74 Å². The van der Waals surface area contributed by atoms with Crippen LogP contribution >= 0.6 is 0 Å². The molecule has 1 aliphatic heterocycles. The maximum absolute atomic E-state index is 13.5. The van der Waals surface area contributed by atoms with Gasteiger partial charge in [-0.15, -0.1) is 0 Å². The number of benzene rings is 3. The molecule has 1 aromatic heterocycles. The van der Waals surface area contributed by atoms with Crippen molar-refractivity contribution < 1.29 is 13.9 Å². The van der Waals surface area contributed by atoms with Crippen LogP contribution in [0.2, 0.25) is 0 Å². The maximum atomic E-state index is 13.5. The third-order valence-electron chi connectivity index (χ3n) is 6.20. The summed E-state index contributed by atoms with van der Waals surface area (Å²) in [7, 11) is 1.63. The Labute approximate surface area is 191 Å². The molecular formula is C27H24FN3O2. The first-order valence-corrected chi connectivity index (χ1v) is 11.0. The van der Waals surface area contributed by atoms with Crippen LogP contribution in [0.4, 0.5) is 4.39 Å². The number of ether oxygens (including phenoxy) is 1. The van der Waals surface area contributed by atoms with Gasteiger partial charge in [-0.25, -0.2) is 4.39 Å². The summed E-state index contributed by atoms with van der Waals surface area (Å²) in [6.07, 6.45) is 0.942. The van der Waals surface area contributed by atoms with Crippen LogP contribution in [0, 0.1) is 5.82 Å². The first-order valence-electron chi connectivity index (χ1n) is 11.0. The lowest BCUT2D eigenvalue weighted by Gasteiger charge is -2.26. The highest BCUT2D eigenvalue weighted by Gasteiger charge is 2.42. The summed E-state index contributed by atoms with van der Waals surface area (Å²) >= 11 is 0. The monoisotopic (exact) mass is 441 g/mol. The highest BCUT2D eigenvalue weighted by atomic mass is 19.1. The number of carbonyl (C=O) groups is 1. The number of fused-ring (bicyclic) bond motifs is 1. The van der Waals surface area contributed by atoms with E-state index >= 15 is 0 Å². The lowest BCUT2D eigenvalue weighted by atomic mass is 9.95. The minimum Gasteiger partial charge on any atom is -0.497 e. The van der Waals surface area contributed by atoms with E-state index in [-0.39, 0.29) is 17.8 Å². The standard InChI is InChI=1S/C27H24FN3O2/c1-3-17-4-8-20(9-5-17)26-23-24(19-10-14-22(33-2)15-11-19)29-30-25(23)27(32)31(26)16-18-6-12-21(28)13-7-18/h4-15,26H,3,16H2,1-2H3,(H,29,30). The molecular weight excluding hydrogens is 417 g/mol. The first kappa shape index (κ1) is 20.9. The molecule has 5 nitrogen and oxygen atoms in total. The van der Waals surface area contributed by atoms with Crippen molar-refractivity contribution in [1.29, 1.82) is 0 Å². The molecule has 1 amide bonds. The van der Waals surface area contributed by atoms with E-state index in [1.165, 1.54) is 17.7 Å². The average Bonchev–Trinajstić information content (AvgIpc) is 3.40. The summed E-state index contributed by atoms with van der Waals surface area (Å²) < 4.78 is 18.7. The van der Waals surface area contributed by atoms with Crippen LogP contribution in [0.25, 0.3) is 11.3 Å². The largest absolute Gasteiger partial charge is 0.497 e. The van der Waals surface area contributed by atoms with E-state index < -0.39 is 0 Å². The Balaban J connectivity index is 1.61. The van der Waals surface area contributed by atoms with Crippen LogP contribution in [0.5, 0.6) is 5.75 Å². The fourth-order valence-corrected chi connectivity index (χ4v) is 4.40. The molecule has 5 rings (SSSR count). The van der Waals surface area contributed by atoms with Gasteiger partial charge in [-0.3, -0.25) is 9.89 Å². The van der Waals surface area contributed by atoms with E-state index in [0.29, 0.717) is 12.2 Å². The molecule has 166 valence electrons. The molecule has 3 aromatic carbocycles. The molecule has 1 aliphatic rings.